The maximum Gasteiger partial charge on any atom is 0.251 e. The highest BCUT2D eigenvalue weighted by Gasteiger charge is 2.16. The summed E-state index contributed by atoms with van der Waals surface area (Å²) in [6.07, 6.45) is -2.55. The number of rotatable bonds is 7. The zero-order valence-corrected chi connectivity index (χ0v) is 11.9. The first-order valence-electron chi connectivity index (χ1n) is 6.35. The zero-order valence-electron chi connectivity index (χ0n) is 11.1. The molecule has 0 spiro atoms. The topological polar surface area (TPSA) is 65.5 Å². The van der Waals surface area contributed by atoms with Crippen molar-refractivity contribution in [3.63, 3.8) is 0 Å². The summed E-state index contributed by atoms with van der Waals surface area (Å²) in [4.78, 5) is 17.3. The van der Waals surface area contributed by atoms with Gasteiger partial charge in [0, 0.05) is 6.54 Å². The molecule has 0 saturated heterocycles. The summed E-state index contributed by atoms with van der Waals surface area (Å²) >= 11 is 1.32. The van der Waals surface area contributed by atoms with Gasteiger partial charge in [0.1, 0.15) is 0 Å². The van der Waals surface area contributed by atoms with Crippen LogP contribution in [0.2, 0.25) is 0 Å². The molecule has 0 aliphatic carbocycles. The normalized spacial score (nSPS) is 11.5. The summed E-state index contributed by atoms with van der Waals surface area (Å²) in [6, 6.07) is 7.44. The van der Waals surface area contributed by atoms with Crippen LogP contribution < -0.4 is 5.32 Å². The van der Waals surface area contributed by atoms with E-state index in [1.54, 1.807) is 0 Å². The fourth-order valence-electron chi connectivity index (χ4n) is 1.86. The number of anilines is 1. The summed E-state index contributed by atoms with van der Waals surface area (Å²) in [5, 5.41) is 11.8. The van der Waals surface area contributed by atoms with E-state index in [1.807, 2.05) is 24.3 Å². The zero-order chi connectivity index (χ0) is 15.2. The number of benzene rings is 1. The molecule has 1 aromatic carbocycles. The number of aromatic nitrogens is 1. The minimum Gasteiger partial charge on any atom is -0.395 e. The molecule has 0 aliphatic heterocycles. The number of carbonyl (C=O) groups is 1. The van der Waals surface area contributed by atoms with E-state index in [0.717, 1.165) is 10.2 Å². The number of amides is 1. The van der Waals surface area contributed by atoms with Crippen molar-refractivity contribution in [2.75, 3.05) is 31.6 Å². The Morgan fingerprint density at radius 3 is 2.86 bits per heavy atom. The molecule has 2 aromatic rings. The molecule has 114 valence electrons. The van der Waals surface area contributed by atoms with E-state index in [9.17, 15) is 13.6 Å². The number of carbonyl (C=O) groups excluding carboxylic acids is 1. The van der Waals surface area contributed by atoms with Gasteiger partial charge in [-0.05, 0) is 12.1 Å². The van der Waals surface area contributed by atoms with Gasteiger partial charge in [-0.15, -0.1) is 0 Å². The quantitative estimate of drug-likeness (QED) is 0.817. The summed E-state index contributed by atoms with van der Waals surface area (Å²) < 4.78 is 25.7. The van der Waals surface area contributed by atoms with Crippen LogP contribution in [0.5, 0.6) is 0 Å². The van der Waals surface area contributed by atoms with Crippen molar-refractivity contribution in [2.24, 2.45) is 0 Å². The van der Waals surface area contributed by atoms with Gasteiger partial charge in [0.15, 0.2) is 5.13 Å². The van der Waals surface area contributed by atoms with Crippen molar-refractivity contribution in [1.82, 2.24) is 9.88 Å². The third-order valence-corrected chi connectivity index (χ3v) is 3.67. The molecule has 0 radical (unpaired) electrons. The van der Waals surface area contributed by atoms with Gasteiger partial charge in [-0.3, -0.25) is 9.69 Å². The minimum atomic E-state index is -2.55. The summed E-state index contributed by atoms with van der Waals surface area (Å²) in [5.41, 5.74) is 0.776. The average molecular weight is 315 g/mol. The number of para-hydroxylation sites is 1. The average Bonchev–Trinajstić information content (AvgIpc) is 2.79. The Labute approximate surface area is 124 Å². The van der Waals surface area contributed by atoms with E-state index in [4.69, 9.17) is 5.11 Å². The van der Waals surface area contributed by atoms with Crippen LogP contribution in [0.3, 0.4) is 0 Å². The van der Waals surface area contributed by atoms with Crippen molar-refractivity contribution >= 4 is 32.6 Å². The van der Waals surface area contributed by atoms with Gasteiger partial charge >= 0.3 is 0 Å². The number of aliphatic hydroxyl groups is 1. The minimum absolute atomic E-state index is 0.0254. The van der Waals surface area contributed by atoms with Crippen molar-refractivity contribution in [3.8, 4) is 0 Å². The fourth-order valence-corrected chi connectivity index (χ4v) is 2.74. The molecule has 1 heterocycles. The lowest BCUT2D eigenvalue weighted by Gasteiger charge is -2.19. The highest BCUT2D eigenvalue weighted by atomic mass is 32.1. The van der Waals surface area contributed by atoms with Crippen LogP contribution in [-0.2, 0) is 4.79 Å². The molecule has 21 heavy (non-hydrogen) atoms. The largest absolute Gasteiger partial charge is 0.395 e. The Bertz CT molecular complexity index is 573. The van der Waals surface area contributed by atoms with E-state index < -0.39 is 18.9 Å². The van der Waals surface area contributed by atoms with Crippen LogP contribution in [0.15, 0.2) is 24.3 Å². The maximum atomic E-state index is 12.4. The molecule has 1 amide bonds. The third kappa shape index (κ3) is 4.69. The standard InChI is InChI=1S/C13H15F2N3O2S/c14-11(15)7-18(5-6-19)8-12(20)17-13-16-9-3-1-2-4-10(9)21-13/h1-4,11,19H,5-8H2,(H,16,17,20). The van der Waals surface area contributed by atoms with Crippen molar-refractivity contribution in [1.29, 1.82) is 0 Å². The van der Waals surface area contributed by atoms with E-state index in [2.05, 4.69) is 10.3 Å². The molecular weight excluding hydrogens is 300 g/mol. The van der Waals surface area contributed by atoms with Gasteiger partial charge in [-0.2, -0.15) is 0 Å². The number of aliphatic hydroxyl groups excluding tert-OH is 1. The molecule has 2 N–H and O–H groups in total. The van der Waals surface area contributed by atoms with Gasteiger partial charge in [0.25, 0.3) is 6.43 Å². The van der Waals surface area contributed by atoms with Gasteiger partial charge in [-0.25, -0.2) is 13.8 Å². The molecule has 0 aliphatic rings. The molecule has 0 unspecified atom stereocenters. The van der Waals surface area contributed by atoms with Crippen LogP contribution in [-0.4, -0.2) is 53.6 Å². The van der Waals surface area contributed by atoms with Crippen molar-refractivity contribution in [2.45, 2.75) is 6.43 Å². The van der Waals surface area contributed by atoms with Gasteiger partial charge in [0.05, 0.1) is 29.9 Å². The molecule has 5 nitrogen and oxygen atoms in total. The van der Waals surface area contributed by atoms with E-state index in [1.165, 1.54) is 16.2 Å². The van der Waals surface area contributed by atoms with Gasteiger partial charge < -0.3 is 10.4 Å². The van der Waals surface area contributed by atoms with E-state index in [-0.39, 0.29) is 19.7 Å². The van der Waals surface area contributed by atoms with E-state index >= 15 is 0 Å². The lowest BCUT2D eigenvalue weighted by atomic mass is 10.3. The Morgan fingerprint density at radius 1 is 1.43 bits per heavy atom. The molecular formula is C13H15F2N3O2S. The Balaban J connectivity index is 1.96. The maximum absolute atomic E-state index is 12.4. The number of nitrogens with zero attached hydrogens (tertiary/aromatic N) is 2. The molecule has 0 bridgehead atoms. The van der Waals surface area contributed by atoms with Crippen LogP contribution in [0.4, 0.5) is 13.9 Å². The molecule has 0 atom stereocenters. The SMILES string of the molecule is O=C(CN(CCO)CC(F)F)Nc1nc2ccccc2s1. The predicted octanol–water partition coefficient (Wildman–Crippen LogP) is 1.79. The van der Waals surface area contributed by atoms with Crippen LogP contribution in [0.25, 0.3) is 10.2 Å². The Kier molecular flexibility index (Phi) is 5.54. The summed E-state index contributed by atoms with van der Waals surface area (Å²) in [7, 11) is 0. The Hall–Kier alpha value is -1.64. The number of thiazole rings is 1. The number of hydrogen-bond acceptors (Lipinski definition) is 5. The third-order valence-electron chi connectivity index (χ3n) is 2.72. The highest BCUT2D eigenvalue weighted by Crippen LogP contribution is 2.25. The monoisotopic (exact) mass is 315 g/mol. The number of alkyl halides is 2. The van der Waals surface area contributed by atoms with Crippen molar-refractivity contribution < 1.29 is 18.7 Å². The van der Waals surface area contributed by atoms with Gasteiger partial charge in [-0.1, -0.05) is 23.5 Å². The molecule has 1 aromatic heterocycles. The van der Waals surface area contributed by atoms with Gasteiger partial charge in [0.2, 0.25) is 5.91 Å². The number of nitrogens with one attached hydrogen (secondary N) is 1. The second-order valence-electron chi connectivity index (χ2n) is 4.38. The molecule has 0 fully saturated rings. The number of halogens is 2. The fraction of sp³-hybridized carbons (Fsp3) is 0.385. The van der Waals surface area contributed by atoms with Crippen LogP contribution >= 0.6 is 11.3 Å². The Morgan fingerprint density at radius 2 is 2.19 bits per heavy atom. The molecule has 2 rings (SSSR count). The second-order valence-corrected chi connectivity index (χ2v) is 5.42. The first-order valence-corrected chi connectivity index (χ1v) is 7.17. The number of hydrogen-bond donors (Lipinski definition) is 2. The second kappa shape index (κ2) is 7.39. The highest BCUT2D eigenvalue weighted by molar-refractivity contribution is 7.22. The lowest BCUT2D eigenvalue weighted by molar-refractivity contribution is -0.117. The smallest absolute Gasteiger partial charge is 0.251 e. The first kappa shape index (κ1) is 15.7. The van der Waals surface area contributed by atoms with Crippen LogP contribution in [0.1, 0.15) is 0 Å². The summed E-state index contributed by atoms with van der Waals surface area (Å²) in [5.74, 6) is -0.428. The molecule has 8 heteroatoms. The lowest BCUT2D eigenvalue weighted by Crippen LogP contribution is -2.38. The molecule has 0 saturated carbocycles. The van der Waals surface area contributed by atoms with Crippen LogP contribution in [0, 0.1) is 0 Å². The summed E-state index contributed by atoms with van der Waals surface area (Å²) in [6.45, 7) is -1.01. The predicted molar refractivity (Wildman–Crippen MR) is 77.8 cm³/mol. The van der Waals surface area contributed by atoms with Crippen molar-refractivity contribution in [3.05, 3.63) is 24.3 Å². The van der Waals surface area contributed by atoms with E-state index in [0.29, 0.717) is 5.13 Å². The number of fused-ring (bicyclic) bond motifs is 1. The first-order chi connectivity index (χ1) is 10.1.